The van der Waals surface area contributed by atoms with Gasteiger partial charge in [0.05, 0.1) is 11.4 Å². The molecule has 1 aliphatic carbocycles. The second-order valence-electron chi connectivity index (χ2n) is 10.1. The standard InChI is InChI=1S/C31H37N5O4/c1-35(2)17-8-18-36(31(38)34-29-22-39-21-26(40-29)19-23-9-4-3-5-10-23)20-24-13-15-25(16-14-24)30(37)33-28-12-7-6-11-27(28)32/h3-4,6-7,9,11-16,21H,5,8,10,17-20,22,32H2,1-2H3,(H,33,37). The van der Waals surface area contributed by atoms with E-state index in [1.165, 1.54) is 5.57 Å². The van der Waals surface area contributed by atoms with E-state index in [4.69, 9.17) is 15.2 Å². The molecule has 3 amide bonds. The maximum absolute atomic E-state index is 13.3. The van der Waals surface area contributed by atoms with Crippen LogP contribution in [0.3, 0.4) is 0 Å². The number of carbonyl (C=O) groups excluding carboxylic acids is 2. The van der Waals surface area contributed by atoms with Gasteiger partial charge in [-0.1, -0.05) is 48.1 Å². The van der Waals surface area contributed by atoms with E-state index >= 15 is 0 Å². The van der Waals surface area contributed by atoms with E-state index in [-0.39, 0.29) is 24.4 Å². The van der Waals surface area contributed by atoms with Crippen molar-refractivity contribution in [1.82, 2.24) is 9.80 Å². The fourth-order valence-corrected chi connectivity index (χ4v) is 4.35. The third-order valence-electron chi connectivity index (χ3n) is 6.49. The number of ether oxygens (including phenoxy) is 2. The number of urea groups is 1. The number of carbonyl (C=O) groups is 2. The van der Waals surface area contributed by atoms with Gasteiger partial charge in [-0.25, -0.2) is 4.79 Å². The first-order valence-corrected chi connectivity index (χ1v) is 13.5. The molecule has 0 radical (unpaired) electrons. The van der Waals surface area contributed by atoms with Gasteiger partial charge in [0.1, 0.15) is 12.0 Å². The van der Waals surface area contributed by atoms with E-state index in [0.717, 1.165) is 31.4 Å². The summed E-state index contributed by atoms with van der Waals surface area (Å²) in [5, 5.41) is 2.83. The van der Waals surface area contributed by atoms with Crippen LogP contribution < -0.4 is 11.1 Å². The first-order valence-electron chi connectivity index (χ1n) is 13.5. The predicted molar refractivity (Wildman–Crippen MR) is 158 cm³/mol. The fraction of sp³-hybridized carbons (Fsp3) is 0.323. The predicted octanol–water partition coefficient (Wildman–Crippen LogP) is 5.35. The molecule has 0 fully saturated rings. The molecule has 9 nitrogen and oxygen atoms in total. The van der Waals surface area contributed by atoms with E-state index < -0.39 is 0 Å². The zero-order valence-electron chi connectivity index (χ0n) is 23.1. The molecular formula is C31H37N5O4. The van der Waals surface area contributed by atoms with E-state index in [2.05, 4.69) is 27.4 Å². The molecule has 1 aliphatic heterocycles. The highest BCUT2D eigenvalue weighted by atomic mass is 16.6. The Kier molecular flexibility index (Phi) is 10.1. The summed E-state index contributed by atoms with van der Waals surface area (Å²) in [6.45, 7) is 1.80. The average Bonchev–Trinajstić information content (AvgIpc) is 2.94. The van der Waals surface area contributed by atoms with E-state index in [1.807, 2.05) is 44.4 Å². The van der Waals surface area contributed by atoms with Crippen LogP contribution in [-0.2, 0) is 16.0 Å². The Labute approximate surface area is 235 Å². The fourth-order valence-electron chi connectivity index (χ4n) is 4.35. The van der Waals surface area contributed by atoms with Gasteiger partial charge >= 0.3 is 6.03 Å². The summed E-state index contributed by atoms with van der Waals surface area (Å²) in [4.78, 5) is 34.0. The molecule has 1 heterocycles. The third-order valence-corrected chi connectivity index (χ3v) is 6.49. The minimum Gasteiger partial charge on any atom is -0.488 e. The number of hydrogen-bond acceptors (Lipinski definition) is 6. The lowest BCUT2D eigenvalue weighted by Gasteiger charge is -2.23. The molecule has 2 aromatic rings. The quantitative estimate of drug-likeness (QED) is 0.391. The largest absolute Gasteiger partial charge is 0.488 e. The van der Waals surface area contributed by atoms with Gasteiger partial charge in [0.25, 0.3) is 5.91 Å². The third kappa shape index (κ3) is 8.57. The zero-order valence-corrected chi connectivity index (χ0v) is 23.1. The van der Waals surface area contributed by atoms with Crippen molar-refractivity contribution in [2.75, 3.05) is 44.8 Å². The van der Waals surface area contributed by atoms with Crippen molar-refractivity contribution in [1.29, 1.82) is 0 Å². The highest BCUT2D eigenvalue weighted by Gasteiger charge is 2.20. The minimum absolute atomic E-state index is 0.107. The Morgan fingerprint density at radius 2 is 1.88 bits per heavy atom. The number of nitrogens with zero attached hydrogens (tertiary/aromatic N) is 3. The number of allylic oxidation sites excluding steroid dienone is 4. The van der Waals surface area contributed by atoms with E-state index in [9.17, 15) is 9.59 Å². The Hall–Kier alpha value is -4.37. The topological polar surface area (TPSA) is 109 Å². The SMILES string of the molecule is CN(C)CCCN(Cc1ccc(C(=O)Nc2ccccc2N)cc1)C(=O)N=C1COC=C(CC2=CC=CCC2)O1. The number of amides is 3. The van der Waals surface area contributed by atoms with Crippen LogP contribution in [0.4, 0.5) is 16.2 Å². The normalized spacial score (nSPS) is 15.6. The zero-order chi connectivity index (χ0) is 28.3. The molecule has 210 valence electrons. The smallest absolute Gasteiger partial charge is 0.346 e. The molecule has 0 saturated carbocycles. The van der Waals surface area contributed by atoms with Crippen molar-refractivity contribution >= 4 is 29.2 Å². The van der Waals surface area contributed by atoms with Gasteiger partial charge in [-0.2, -0.15) is 4.99 Å². The molecule has 2 aromatic carbocycles. The summed E-state index contributed by atoms with van der Waals surface area (Å²) in [5.74, 6) is 0.636. The molecular weight excluding hydrogens is 506 g/mol. The molecule has 40 heavy (non-hydrogen) atoms. The minimum atomic E-state index is -0.389. The molecule has 0 unspecified atom stereocenters. The van der Waals surface area contributed by atoms with Gasteiger partial charge in [-0.3, -0.25) is 4.79 Å². The van der Waals surface area contributed by atoms with Crippen LogP contribution in [0.5, 0.6) is 0 Å². The van der Waals surface area contributed by atoms with Crippen LogP contribution in [0.1, 0.15) is 41.6 Å². The number of benzene rings is 2. The Balaban J connectivity index is 1.40. The van der Waals surface area contributed by atoms with Crippen LogP contribution in [0, 0.1) is 0 Å². The van der Waals surface area contributed by atoms with Gasteiger partial charge in [0.15, 0.2) is 6.61 Å². The van der Waals surface area contributed by atoms with Crippen molar-refractivity contribution in [2.24, 2.45) is 4.99 Å². The van der Waals surface area contributed by atoms with Crippen molar-refractivity contribution in [3.05, 3.63) is 95.5 Å². The summed E-state index contributed by atoms with van der Waals surface area (Å²) in [5.41, 5.74) is 9.63. The number of rotatable bonds is 10. The van der Waals surface area contributed by atoms with Crippen molar-refractivity contribution in [2.45, 2.75) is 32.2 Å². The van der Waals surface area contributed by atoms with Crippen LogP contribution in [0.15, 0.2) is 89.3 Å². The first kappa shape index (κ1) is 28.6. The lowest BCUT2D eigenvalue weighted by Crippen LogP contribution is -2.32. The lowest BCUT2D eigenvalue weighted by atomic mass is 10.0. The first-order chi connectivity index (χ1) is 19.4. The van der Waals surface area contributed by atoms with Crippen LogP contribution in [0.25, 0.3) is 0 Å². The summed E-state index contributed by atoms with van der Waals surface area (Å²) in [6, 6.07) is 13.9. The number of hydrogen-bond donors (Lipinski definition) is 2. The highest BCUT2D eigenvalue weighted by Crippen LogP contribution is 2.23. The van der Waals surface area contributed by atoms with Crippen LogP contribution in [-0.4, -0.2) is 61.4 Å². The second kappa shape index (κ2) is 14.1. The Morgan fingerprint density at radius 1 is 1.07 bits per heavy atom. The maximum Gasteiger partial charge on any atom is 0.346 e. The molecule has 9 heteroatoms. The summed E-state index contributed by atoms with van der Waals surface area (Å²) in [7, 11) is 4.00. The van der Waals surface area contributed by atoms with Crippen molar-refractivity contribution in [3.8, 4) is 0 Å². The van der Waals surface area contributed by atoms with E-state index in [0.29, 0.717) is 42.2 Å². The monoisotopic (exact) mass is 543 g/mol. The number of aliphatic imine (C=N–C) groups is 1. The summed E-state index contributed by atoms with van der Waals surface area (Å²) < 4.78 is 11.5. The van der Waals surface area contributed by atoms with Crippen molar-refractivity contribution in [3.63, 3.8) is 0 Å². The number of anilines is 2. The average molecular weight is 544 g/mol. The molecule has 0 bridgehead atoms. The maximum atomic E-state index is 13.3. The second-order valence-corrected chi connectivity index (χ2v) is 10.1. The molecule has 0 atom stereocenters. The molecule has 4 rings (SSSR count). The molecule has 0 aromatic heterocycles. The van der Waals surface area contributed by atoms with Crippen LogP contribution in [0.2, 0.25) is 0 Å². The summed E-state index contributed by atoms with van der Waals surface area (Å²) >= 11 is 0. The lowest BCUT2D eigenvalue weighted by molar-refractivity contribution is 0.102. The summed E-state index contributed by atoms with van der Waals surface area (Å²) in [6.07, 6.45) is 11.3. The van der Waals surface area contributed by atoms with Gasteiger partial charge in [0.2, 0.25) is 5.90 Å². The Bertz CT molecular complexity index is 1310. The van der Waals surface area contributed by atoms with E-state index in [1.54, 1.807) is 35.4 Å². The van der Waals surface area contributed by atoms with Gasteiger partial charge in [-0.05, 0) is 69.7 Å². The number of nitrogens with one attached hydrogen (secondary N) is 1. The molecule has 3 N–H and O–H groups in total. The molecule has 0 spiro atoms. The van der Waals surface area contributed by atoms with Gasteiger partial charge < -0.3 is 30.3 Å². The van der Waals surface area contributed by atoms with Gasteiger partial charge in [-0.15, -0.1) is 0 Å². The highest BCUT2D eigenvalue weighted by molar-refractivity contribution is 6.05. The number of para-hydroxylation sites is 2. The number of nitrogens with two attached hydrogens (primary N) is 1. The molecule has 2 aliphatic rings. The Morgan fingerprint density at radius 3 is 2.60 bits per heavy atom. The molecule has 0 saturated heterocycles. The van der Waals surface area contributed by atoms with Crippen LogP contribution >= 0.6 is 0 Å². The number of nitrogen functional groups attached to an aromatic ring is 1. The van der Waals surface area contributed by atoms with Crippen molar-refractivity contribution < 1.29 is 19.1 Å². The van der Waals surface area contributed by atoms with Gasteiger partial charge in [0, 0.05) is 25.1 Å².